The fourth-order valence-corrected chi connectivity index (χ4v) is 1.09. The Morgan fingerprint density at radius 3 is 2.00 bits per heavy atom. The van der Waals surface area contributed by atoms with E-state index in [0.29, 0.717) is 5.88 Å². The fourth-order valence-electron chi connectivity index (χ4n) is 0.364. The highest BCUT2D eigenvalue weighted by atomic mass is 32.2. The molecule has 0 amide bonds. The summed E-state index contributed by atoms with van der Waals surface area (Å²) in [5.74, 6) is 0.667. The van der Waals surface area contributed by atoms with Gasteiger partial charge >= 0.3 is 0 Å². The van der Waals surface area contributed by atoms with Gasteiger partial charge in [0.25, 0.3) is 0 Å². The summed E-state index contributed by atoms with van der Waals surface area (Å²) in [6.45, 7) is 0. The van der Waals surface area contributed by atoms with Crippen LogP contribution >= 0.6 is 0 Å². The minimum Gasteiger partial charge on any atom is -0.298 e. The lowest BCUT2D eigenvalue weighted by Gasteiger charge is -2.03. The van der Waals surface area contributed by atoms with Gasteiger partial charge in [0.15, 0.2) is 0 Å². The van der Waals surface area contributed by atoms with E-state index < -0.39 is 10.8 Å². The number of nitrogens with zero attached hydrogens (tertiary/aromatic N) is 1. The highest BCUT2D eigenvalue weighted by molar-refractivity contribution is 7.84. The van der Waals surface area contributed by atoms with E-state index in [2.05, 4.69) is 0 Å². The van der Waals surface area contributed by atoms with Gasteiger partial charge in [-0.2, -0.15) is 0 Å². The quantitative estimate of drug-likeness (QED) is 0.508. The van der Waals surface area contributed by atoms with Crippen LogP contribution in [0, 0.1) is 0 Å². The largest absolute Gasteiger partial charge is 0.298 e. The van der Waals surface area contributed by atoms with Crippen molar-refractivity contribution in [3.05, 3.63) is 0 Å². The van der Waals surface area contributed by atoms with E-state index in [-0.39, 0.29) is 0 Å². The van der Waals surface area contributed by atoms with Crippen molar-refractivity contribution in [1.29, 1.82) is 0 Å². The van der Waals surface area contributed by atoms with Gasteiger partial charge in [0.05, 0.1) is 5.88 Å². The molecule has 0 saturated heterocycles. The maximum atomic E-state index is 10.3. The van der Waals surface area contributed by atoms with Crippen LogP contribution in [0.4, 0.5) is 0 Å². The van der Waals surface area contributed by atoms with Crippen LogP contribution in [0.3, 0.4) is 0 Å². The number of hydrogen-bond acceptors (Lipinski definition) is 2. The van der Waals surface area contributed by atoms with Gasteiger partial charge in [-0.1, -0.05) is 0 Å². The molecule has 0 saturated carbocycles. The van der Waals surface area contributed by atoms with Crippen molar-refractivity contribution >= 4 is 10.8 Å². The smallest absolute Gasteiger partial charge is 0.0739 e. The first-order chi connectivity index (χ1) is 3.13. The lowest BCUT2D eigenvalue weighted by Crippen LogP contribution is -2.16. The van der Waals surface area contributed by atoms with Crippen LogP contribution < -0.4 is 0 Å². The molecule has 44 valence electrons. The first kappa shape index (κ1) is 7.11. The van der Waals surface area contributed by atoms with Crippen LogP contribution in [0.5, 0.6) is 0 Å². The molecule has 0 spiro atoms. The molecule has 0 aliphatic carbocycles. The summed E-state index contributed by atoms with van der Waals surface area (Å²) in [4.78, 5) is 1.90. The van der Waals surface area contributed by atoms with Crippen molar-refractivity contribution in [2.75, 3.05) is 26.2 Å². The average Bonchev–Trinajstić information content (AvgIpc) is 1.27. The van der Waals surface area contributed by atoms with Crippen LogP contribution in [0.25, 0.3) is 0 Å². The summed E-state index contributed by atoms with van der Waals surface area (Å²) in [5, 5.41) is 0. The Bertz CT molecular complexity index is 72.1. The SMILES string of the molecule is CN(C)CS(C)=O. The molecule has 2 nitrogen and oxygen atoms in total. The minimum atomic E-state index is -0.670. The van der Waals surface area contributed by atoms with Crippen LogP contribution in [-0.2, 0) is 10.8 Å². The van der Waals surface area contributed by atoms with Gasteiger partial charge in [0.1, 0.15) is 0 Å². The zero-order chi connectivity index (χ0) is 5.86. The molecule has 0 aliphatic rings. The van der Waals surface area contributed by atoms with E-state index in [1.165, 1.54) is 0 Å². The Morgan fingerprint density at radius 2 is 2.00 bits per heavy atom. The van der Waals surface area contributed by atoms with Crippen molar-refractivity contribution in [2.45, 2.75) is 0 Å². The van der Waals surface area contributed by atoms with Gasteiger partial charge in [0.2, 0.25) is 0 Å². The highest BCUT2D eigenvalue weighted by Crippen LogP contribution is 1.75. The third-order valence-electron chi connectivity index (χ3n) is 0.440. The van der Waals surface area contributed by atoms with E-state index in [9.17, 15) is 4.21 Å². The molecule has 0 aromatic heterocycles. The zero-order valence-corrected chi connectivity index (χ0v) is 5.79. The summed E-state index contributed by atoms with van der Waals surface area (Å²) in [7, 11) is 3.14. The van der Waals surface area contributed by atoms with E-state index in [1.54, 1.807) is 6.26 Å². The molecule has 3 heteroatoms. The molecule has 0 heterocycles. The molecule has 0 bridgehead atoms. The van der Waals surface area contributed by atoms with E-state index in [0.717, 1.165) is 0 Å². The molecular formula is C4H11NOS. The van der Waals surface area contributed by atoms with Crippen LogP contribution in [0.15, 0.2) is 0 Å². The molecule has 1 unspecified atom stereocenters. The summed E-state index contributed by atoms with van der Waals surface area (Å²) in [5.41, 5.74) is 0. The normalized spacial score (nSPS) is 14.9. The maximum Gasteiger partial charge on any atom is 0.0739 e. The Kier molecular flexibility index (Phi) is 3.21. The molecule has 0 aliphatic heterocycles. The molecule has 0 N–H and O–H groups in total. The van der Waals surface area contributed by atoms with Crippen LogP contribution in [0.1, 0.15) is 0 Å². The van der Waals surface area contributed by atoms with Crippen molar-refractivity contribution < 1.29 is 4.21 Å². The molecule has 0 radical (unpaired) electrons. The van der Waals surface area contributed by atoms with Gasteiger partial charge in [-0.3, -0.25) is 9.11 Å². The van der Waals surface area contributed by atoms with Gasteiger partial charge in [0, 0.05) is 17.1 Å². The third kappa shape index (κ3) is 6.11. The lowest BCUT2D eigenvalue weighted by atomic mass is 11.0. The summed E-state index contributed by atoms with van der Waals surface area (Å²) >= 11 is 0. The molecule has 0 fully saturated rings. The molecule has 0 aromatic rings. The second-order valence-electron chi connectivity index (χ2n) is 1.78. The Balaban J connectivity index is 3.13. The summed E-state index contributed by atoms with van der Waals surface area (Å²) in [6.07, 6.45) is 1.69. The fraction of sp³-hybridized carbons (Fsp3) is 1.00. The number of hydrogen-bond donors (Lipinski definition) is 0. The van der Waals surface area contributed by atoms with Gasteiger partial charge in [-0.25, -0.2) is 0 Å². The highest BCUT2D eigenvalue weighted by Gasteiger charge is 1.89. The van der Waals surface area contributed by atoms with Gasteiger partial charge < -0.3 is 0 Å². The lowest BCUT2D eigenvalue weighted by molar-refractivity contribution is 0.478. The maximum absolute atomic E-state index is 10.3. The van der Waals surface area contributed by atoms with Crippen LogP contribution in [0.2, 0.25) is 0 Å². The van der Waals surface area contributed by atoms with E-state index in [4.69, 9.17) is 0 Å². The molecule has 0 rings (SSSR count). The Labute approximate surface area is 47.0 Å². The second kappa shape index (κ2) is 3.16. The number of rotatable bonds is 2. The standard InChI is InChI=1S/C4H11NOS/c1-5(2)4-7(3)6/h4H2,1-3H3. The van der Waals surface area contributed by atoms with E-state index >= 15 is 0 Å². The zero-order valence-electron chi connectivity index (χ0n) is 4.97. The molecule has 0 aromatic carbocycles. The van der Waals surface area contributed by atoms with Gasteiger partial charge in [-0.05, 0) is 14.1 Å². The van der Waals surface area contributed by atoms with Crippen molar-refractivity contribution in [3.63, 3.8) is 0 Å². The Hall–Kier alpha value is 0.110. The van der Waals surface area contributed by atoms with E-state index in [1.807, 2.05) is 19.0 Å². The average molecular weight is 121 g/mol. The minimum absolute atomic E-state index is 0.667. The first-order valence-electron chi connectivity index (χ1n) is 2.07. The Morgan fingerprint density at radius 1 is 1.57 bits per heavy atom. The van der Waals surface area contributed by atoms with Crippen LogP contribution in [-0.4, -0.2) is 35.3 Å². The first-order valence-corrected chi connectivity index (χ1v) is 3.80. The molecular weight excluding hydrogens is 110 g/mol. The predicted octanol–water partition coefficient (Wildman–Crippen LogP) is -0.116. The topological polar surface area (TPSA) is 20.3 Å². The van der Waals surface area contributed by atoms with Crippen molar-refractivity contribution in [3.8, 4) is 0 Å². The summed E-state index contributed by atoms with van der Waals surface area (Å²) < 4.78 is 10.3. The van der Waals surface area contributed by atoms with Crippen molar-refractivity contribution in [1.82, 2.24) is 4.90 Å². The van der Waals surface area contributed by atoms with Crippen molar-refractivity contribution in [2.24, 2.45) is 0 Å². The molecule has 1 atom stereocenters. The second-order valence-corrected chi connectivity index (χ2v) is 3.19. The monoisotopic (exact) mass is 121 g/mol. The summed E-state index contributed by atoms with van der Waals surface area (Å²) in [6, 6.07) is 0. The van der Waals surface area contributed by atoms with Gasteiger partial charge in [-0.15, -0.1) is 0 Å². The predicted molar refractivity (Wildman–Crippen MR) is 32.6 cm³/mol. The third-order valence-corrected chi connectivity index (χ3v) is 1.32. The molecule has 7 heavy (non-hydrogen) atoms.